The number of piperidine rings is 1. The lowest BCUT2D eigenvalue weighted by atomic mass is 10.0. The lowest BCUT2D eigenvalue weighted by Crippen LogP contribution is -2.39. The van der Waals surface area contributed by atoms with Crippen LogP contribution < -0.4 is 14.5 Å². The van der Waals surface area contributed by atoms with Gasteiger partial charge in [0.1, 0.15) is 11.4 Å². The lowest BCUT2D eigenvalue weighted by molar-refractivity contribution is -0.119. The maximum Gasteiger partial charge on any atom is 0.299 e. The van der Waals surface area contributed by atoms with Gasteiger partial charge in [-0.2, -0.15) is 10.1 Å². The van der Waals surface area contributed by atoms with Gasteiger partial charge in [-0.3, -0.25) is 14.4 Å². The molecular formula is C28H30N6O4. The van der Waals surface area contributed by atoms with Crippen molar-refractivity contribution in [2.75, 3.05) is 44.1 Å². The number of nitrogens with zero attached hydrogens (tertiary/aromatic N) is 6. The number of methoxy groups -OCH3 is 1. The van der Waals surface area contributed by atoms with Crippen LogP contribution in [0.15, 0.2) is 53.5 Å². The second kappa shape index (κ2) is 10.5. The first kappa shape index (κ1) is 25.2. The van der Waals surface area contributed by atoms with Crippen molar-refractivity contribution in [2.24, 2.45) is 4.99 Å². The van der Waals surface area contributed by atoms with E-state index < -0.39 is 5.91 Å². The summed E-state index contributed by atoms with van der Waals surface area (Å²) < 4.78 is 6.78. The van der Waals surface area contributed by atoms with Crippen molar-refractivity contribution in [1.29, 1.82) is 0 Å². The monoisotopic (exact) mass is 514 g/mol. The minimum atomic E-state index is -0.501. The summed E-state index contributed by atoms with van der Waals surface area (Å²) in [6.45, 7) is 1.10. The molecule has 196 valence electrons. The van der Waals surface area contributed by atoms with E-state index in [0.29, 0.717) is 48.6 Å². The van der Waals surface area contributed by atoms with Gasteiger partial charge in [-0.05, 0) is 67.8 Å². The van der Waals surface area contributed by atoms with Crippen LogP contribution in [0, 0.1) is 0 Å². The second-order valence-electron chi connectivity index (χ2n) is 9.52. The number of ether oxygens (including phenoxy) is 1. The number of aliphatic imine (C=N–C) groups is 1. The highest BCUT2D eigenvalue weighted by molar-refractivity contribution is 6.10. The number of benzene rings is 2. The highest BCUT2D eigenvalue weighted by Gasteiger charge is 2.35. The van der Waals surface area contributed by atoms with Crippen molar-refractivity contribution in [1.82, 2.24) is 14.7 Å². The highest BCUT2D eigenvalue weighted by Crippen LogP contribution is 2.31. The molecule has 1 aromatic heterocycles. The van der Waals surface area contributed by atoms with Gasteiger partial charge in [0.2, 0.25) is 5.91 Å². The zero-order chi connectivity index (χ0) is 26.8. The normalized spacial score (nSPS) is 15.7. The first-order chi connectivity index (χ1) is 18.4. The number of rotatable bonds is 6. The Morgan fingerprint density at radius 2 is 1.58 bits per heavy atom. The van der Waals surface area contributed by atoms with Crippen LogP contribution in [-0.2, 0) is 11.2 Å². The Kier molecular flexibility index (Phi) is 6.95. The van der Waals surface area contributed by atoms with E-state index in [2.05, 4.69) is 10.1 Å². The van der Waals surface area contributed by atoms with Crippen molar-refractivity contribution in [3.8, 4) is 11.4 Å². The van der Waals surface area contributed by atoms with Crippen molar-refractivity contribution >= 4 is 35.4 Å². The molecule has 1 fully saturated rings. The standard InChI is InChI=1S/C28H30N6O4/c1-31(2)18-29-27(36)25-23-15-17-33(20-9-7-19(8-10-20)32-16-5-4-6-24(32)35)28(37)26(23)34(30-25)21-11-13-22(38-3)14-12-21/h7-14,18H,4-6,15-17H2,1-3H3. The molecule has 3 heterocycles. The Labute approximate surface area is 221 Å². The molecule has 0 atom stereocenters. The fourth-order valence-electron chi connectivity index (χ4n) is 4.81. The van der Waals surface area contributed by atoms with E-state index in [1.54, 1.807) is 60.2 Å². The summed E-state index contributed by atoms with van der Waals surface area (Å²) >= 11 is 0. The third kappa shape index (κ3) is 4.77. The van der Waals surface area contributed by atoms with Crippen molar-refractivity contribution < 1.29 is 19.1 Å². The van der Waals surface area contributed by atoms with Crippen LogP contribution in [0.2, 0.25) is 0 Å². The molecule has 2 aliphatic rings. The van der Waals surface area contributed by atoms with Gasteiger partial charge in [0, 0.05) is 50.5 Å². The van der Waals surface area contributed by atoms with Gasteiger partial charge in [0.25, 0.3) is 11.8 Å². The van der Waals surface area contributed by atoms with E-state index in [9.17, 15) is 14.4 Å². The van der Waals surface area contributed by atoms with E-state index in [0.717, 1.165) is 24.2 Å². The Bertz CT molecular complexity index is 1390. The van der Waals surface area contributed by atoms with E-state index in [-0.39, 0.29) is 17.5 Å². The number of hydrogen-bond donors (Lipinski definition) is 0. The average molecular weight is 515 g/mol. The molecule has 10 heteroatoms. The van der Waals surface area contributed by atoms with Crippen LogP contribution in [0.1, 0.15) is 45.8 Å². The molecule has 10 nitrogen and oxygen atoms in total. The average Bonchev–Trinajstić information content (AvgIpc) is 3.33. The van der Waals surface area contributed by atoms with Crippen LogP contribution in [0.5, 0.6) is 5.75 Å². The van der Waals surface area contributed by atoms with Gasteiger partial charge in [-0.15, -0.1) is 0 Å². The van der Waals surface area contributed by atoms with Gasteiger partial charge in [-0.25, -0.2) is 4.68 Å². The summed E-state index contributed by atoms with van der Waals surface area (Å²) in [4.78, 5) is 48.3. The van der Waals surface area contributed by atoms with Crippen molar-refractivity contribution in [3.63, 3.8) is 0 Å². The summed E-state index contributed by atoms with van der Waals surface area (Å²) in [6.07, 6.45) is 4.33. The van der Waals surface area contributed by atoms with E-state index in [4.69, 9.17) is 4.74 Å². The maximum absolute atomic E-state index is 13.9. The van der Waals surface area contributed by atoms with E-state index >= 15 is 0 Å². The predicted molar refractivity (Wildman–Crippen MR) is 145 cm³/mol. The molecule has 0 aliphatic carbocycles. The number of carbonyl (C=O) groups is 3. The number of aromatic nitrogens is 2. The highest BCUT2D eigenvalue weighted by atomic mass is 16.5. The van der Waals surface area contributed by atoms with E-state index in [1.807, 2.05) is 24.3 Å². The molecule has 3 amide bonds. The number of hydrogen-bond acceptors (Lipinski definition) is 5. The van der Waals surface area contributed by atoms with E-state index in [1.165, 1.54) is 11.0 Å². The lowest BCUT2D eigenvalue weighted by Gasteiger charge is -2.29. The number of anilines is 2. The van der Waals surface area contributed by atoms with Crippen LogP contribution in [0.4, 0.5) is 11.4 Å². The fourth-order valence-corrected chi connectivity index (χ4v) is 4.81. The third-order valence-corrected chi connectivity index (χ3v) is 6.74. The van der Waals surface area contributed by atoms with Gasteiger partial charge >= 0.3 is 0 Å². The van der Waals surface area contributed by atoms with Crippen LogP contribution >= 0.6 is 0 Å². The quantitative estimate of drug-likeness (QED) is 0.370. The fraction of sp³-hybridized carbons (Fsp3) is 0.321. The number of amides is 3. The molecule has 0 unspecified atom stereocenters. The molecule has 2 aliphatic heterocycles. The number of fused-ring (bicyclic) bond motifs is 1. The van der Waals surface area contributed by atoms with Gasteiger partial charge in [0.05, 0.1) is 19.1 Å². The minimum absolute atomic E-state index is 0.125. The Morgan fingerprint density at radius 3 is 2.21 bits per heavy atom. The molecule has 0 spiro atoms. The summed E-state index contributed by atoms with van der Waals surface area (Å²) in [6, 6.07) is 14.6. The Hall–Kier alpha value is -4.47. The molecule has 0 saturated carbocycles. The van der Waals surface area contributed by atoms with Crippen molar-refractivity contribution in [3.05, 3.63) is 65.5 Å². The SMILES string of the molecule is COc1ccc(-n2nc(C(=O)N=CN(C)C)c3c2C(=O)N(c2ccc(N4CCCCC4=O)cc2)CC3)cc1. The molecule has 1 saturated heterocycles. The molecule has 0 N–H and O–H groups in total. The summed E-state index contributed by atoms with van der Waals surface area (Å²) in [5.74, 6) is 0.0353. The largest absolute Gasteiger partial charge is 0.497 e. The minimum Gasteiger partial charge on any atom is -0.497 e. The Morgan fingerprint density at radius 1 is 0.921 bits per heavy atom. The smallest absolute Gasteiger partial charge is 0.299 e. The summed E-state index contributed by atoms with van der Waals surface area (Å²) in [5.41, 5.74) is 3.26. The summed E-state index contributed by atoms with van der Waals surface area (Å²) in [7, 11) is 5.13. The van der Waals surface area contributed by atoms with Crippen molar-refractivity contribution in [2.45, 2.75) is 25.7 Å². The summed E-state index contributed by atoms with van der Waals surface area (Å²) in [5, 5.41) is 4.56. The van der Waals surface area contributed by atoms with Gasteiger partial charge in [0.15, 0.2) is 5.69 Å². The van der Waals surface area contributed by atoms with Crippen LogP contribution in [0.3, 0.4) is 0 Å². The number of carbonyl (C=O) groups excluding carboxylic acids is 3. The topological polar surface area (TPSA) is 100 Å². The molecule has 0 bridgehead atoms. The zero-order valence-electron chi connectivity index (χ0n) is 21.8. The Balaban J connectivity index is 1.51. The molecule has 3 aromatic rings. The van der Waals surface area contributed by atoms with Gasteiger partial charge in [-0.1, -0.05) is 0 Å². The third-order valence-electron chi connectivity index (χ3n) is 6.74. The van der Waals surface area contributed by atoms with Crippen LogP contribution in [0.25, 0.3) is 5.69 Å². The van der Waals surface area contributed by atoms with Crippen LogP contribution in [-0.4, -0.2) is 73.0 Å². The predicted octanol–water partition coefficient (Wildman–Crippen LogP) is 3.33. The maximum atomic E-state index is 13.9. The molecule has 2 aromatic carbocycles. The molecule has 0 radical (unpaired) electrons. The second-order valence-corrected chi connectivity index (χ2v) is 9.52. The zero-order valence-corrected chi connectivity index (χ0v) is 21.8. The first-order valence-electron chi connectivity index (χ1n) is 12.6. The molecular weight excluding hydrogens is 484 g/mol. The van der Waals surface area contributed by atoms with Gasteiger partial charge < -0.3 is 19.4 Å². The molecule has 38 heavy (non-hydrogen) atoms. The molecule has 5 rings (SSSR count). The first-order valence-corrected chi connectivity index (χ1v) is 12.6.